The maximum absolute atomic E-state index is 6.67. The van der Waals surface area contributed by atoms with Gasteiger partial charge < -0.3 is 0 Å². The topological polar surface area (TPSA) is 22.6 Å². The standard InChI is InChI=1S/C52H36O2/c1-7-19-37(20-8-1)45-35-48(44-33-51(41-27-15-5-16-28-41)54-52(34-44)42-29-17-6-18-30-42)46(38-21-9-2-10-22-38)36-47(45)43-31-49(39-23-11-3-12-24-39)53-50(32-43)40-25-13-4-14-26-40/h1-36H/q+2. The summed E-state index contributed by atoms with van der Waals surface area (Å²) in [6.45, 7) is 0. The Morgan fingerprint density at radius 2 is 0.389 bits per heavy atom. The lowest BCUT2D eigenvalue weighted by molar-refractivity contribution is 0.582. The summed E-state index contributed by atoms with van der Waals surface area (Å²) in [4.78, 5) is 0. The first-order chi connectivity index (χ1) is 26.8. The predicted octanol–water partition coefficient (Wildman–Crippen LogP) is 14.8. The minimum Gasteiger partial charge on any atom is -0.207 e. The molecule has 0 spiro atoms. The Balaban J connectivity index is 1.35. The van der Waals surface area contributed by atoms with Crippen LogP contribution in [-0.2, 0) is 0 Å². The molecule has 9 aromatic rings. The molecule has 0 aliphatic rings. The highest BCUT2D eigenvalue weighted by atomic mass is 16.3. The first-order valence-corrected chi connectivity index (χ1v) is 18.2. The van der Waals surface area contributed by atoms with E-state index in [1.807, 2.05) is 24.3 Å². The van der Waals surface area contributed by atoms with Crippen molar-refractivity contribution in [2.24, 2.45) is 0 Å². The Labute approximate surface area is 315 Å². The maximum Gasteiger partial charge on any atom is 0.361 e. The van der Waals surface area contributed by atoms with Crippen LogP contribution in [0.2, 0.25) is 0 Å². The highest BCUT2D eigenvalue weighted by Crippen LogP contribution is 2.45. The predicted molar refractivity (Wildman–Crippen MR) is 223 cm³/mol. The summed E-state index contributed by atoms with van der Waals surface area (Å²) >= 11 is 0. The summed E-state index contributed by atoms with van der Waals surface area (Å²) in [6, 6.07) is 76.2. The second kappa shape index (κ2) is 14.8. The molecular weight excluding hydrogens is 657 g/mol. The van der Waals surface area contributed by atoms with Crippen molar-refractivity contribution in [3.63, 3.8) is 0 Å². The molecule has 0 atom stereocenters. The van der Waals surface area contributed by atoms with E-state index in [9.17, 15) is 0 Å². The van der Waals surface area contributed by atoms with Crippen LogP contribution >= 0.6 is 0 Å². The zero-order chi connectivity index (χ0) is 36.1. The van der Waals surface area contributed by atoms with Gasteiger partial charge in [0.2, 0.25) is 0 Å². The van der Waals surface area contributed by atoms with Crippen LogP contribution in [0.1, 0.15) is 0 Å². The molecular formula is C52H36O2+2. The molecule has 7 aromatic carbocycles. The van der Waals surface area contributed by atoms with Crippen LogP contribution in [0.4, 0.5) is 0 Å². The third kappa shape index (κ3) is 6.77. The van der Waals surface area contributed by atoms with Gasteiger partial charge in [-0.25, -0.2) is 8.83 Å². The Hall–Kier alpha value is -7.16. The lowest BCUT2D eigenvalue weighted by Gasteiger charge is -2.18. The SMILES string of the molecule is c1ccc(-c2cc(-c3cc(-c4ccccc4)c(-c4cc(-c5ccccc5)[o+]c(-c5ccccc5)c4)cc3-c3ccccc3)cc(-c3ccccc3)[o+]2)cc1. The van der Waals surface area contributed by atoms with E-state index < -0.39 is 0 Å². The average Bonchev–Trinajstić information content (AvgIpc) is 3.27. The van der Waals surface area contributed by atoms with Gasteiger partial charge in [0.15, 0.2) is 0 Å². The second-order valence-electron chi connectivity index (χ2n) is 13.3. The zero-order valence-electron chi connectivity index (χ0n) is 29.6. The minimum absolute atomic E-state index is 0.806. The van der Waals surface area contributed by atoms with Crippen molar-refractivity contribution in [1.29, 1.82) is 0 Å². The fraction of sp³-hybridized carbons (Fsp3) is 0. The van der Waals surface area contributed by atoms with E-state index in [0.717, 1.165) is 89.8 Å². The fourth-order valence-corrected chi connectivity index (χ4v) is 7.08. The number of hydrogen-bond donors (Lipinski definition) is 0. The third-order valence-corrected chi connectivity index (χ3v) is 9.77. The number of rotatable bonds is 8. The van der Waals surface area contributed by atoms with E-state index in [0.29, 0.717) is 0 Å². The van der Waals surface area contributed by atoms with Gasteiger partial charge in [-0.05, 0) is 94.0 Å². The van der Waals surface area contributed by atoms with Crippen molar-refractivity contribution in [2.75, 3.05) is 0 Å². The minimum atomic E-state index is 0.806. The lowest BCUT2D eigenvalue weighted by Crippen LogP contribution is -1.94. The van der Waals surface area contributed by atoms with E-state index in [4.69, 9.17) is 8.83 Å². The quantitative estimate of drug-likeness (QED) is 0.148. The molecule has 2 heterocycles. The molecule has 54 heavy (non-hydrogen) atoms. The van der Waals surface area contributed by atoms with Crippen molar-refractivity contribution in [3.8, 4) is 89.8 Å². The normalized spacial score (nSPS) is 11.0. The molecule has 0 unspecified atom stereocenters. The summed E-state index contributed by atoms with van der Waals surface area (Å²) < 4.78 is 13.3. The van der Waals surface area contributed by atoms with Gasteiger partial charge in [-0.3, -0.25) is 0 Å². The molecule has 0 aliphatic heterocycles. The van der Waals surface area contributed by atoms with E-state index in [2.05, 4.69) is 194 Å². The third-order valence-electron chi connectivity index (χ3n) is 9.77. The maximum atomic E-state index is 6.67. The molecule has 0 radical (unpaired) electrons. The molecule has 0 fully saturated rings. The molecule has 254 valence electrons. The van der Waals surface area contributed by atoms with Crippen LogP contribution in [0, 0.1) is 0 Å². The highest BCUT2D eigenvalue weighted by Gasteiger charge is 2.26. The Kier molecular flexibility index (Phi) is 8.99. The number of hydrogen-bond acceptors (Lipinski definition) is 0. The van der Waals surface area contributed by atoms with Crippen LogP contribution in [0.3, 0.4) is 0 Å². The van der Waals surface area contributed by atoms with Gasteiger partial charge in [0.1, 0.15) is 0 Å². The molecule has 2 heteroatoms. The Morgan fingerprint density at radius 3 is 0.630 bits per heavy atom. The van der Waals surface area contributed by atoms with Crippen molar-refractivity contribution >= 4 is 0 Å². The first kappa shape index (κ1) is 32.7. The van der Waals surface area contributed by atoms with Crippen molar-refractivity contribution < 1.29 is 8.83 Å². The molecule has 2 aromatic heterocycles. The summed E-state index contributed by atoms with van der Waals surface area (Å²) in [7, 11) is 0. The molecule has 0 aliphatic carbocycles. The van der Waals surface area contributed by atoms with Gasteiger partial charge >= 0.3 is 23.0 Å². The lowest BCUT2D eigenvalue weighted by atomic mass is 9.85. The second-order valence-corrected chi connectivity index (χ2v) is 13.3. The van der Waals surface area contributed by atoms with Crippen molar-refractivity contribution in [1.82, 2.24) is 0 Å². The van der Waals surface area contributed by atoms with E-state index in [1.165, 1.54) is 0 Å². The molecule has 0 saturated heterocycles. The highest BCUT2D eigenvalue weighted by molar-refractivity contribution is 5.96. The van der Waals surface area contributed by atoms with Crippen molar-refractivity contribution in [2.45, 2.75) is 0 Å². The number of benzene rings is 7. The van der Waals surface area contributed by atoms with E-state index in [1.54, 1.807) is 0 Å². The van der Waals surface area contributed by atoms with Crippen LogP contribution in [-0.4, -0.2) is 0 Å². The summed E-state index contributed by atoms with van der Waals surface area (Å²) in [5.74, 6) is 3.23. The van der Waals surface area contributed by atoms with Crippen molar-refractivity contribution in [3.05, 3.63) is 218 Å². The van der Waals surface area contributed by atoms with Crippen LogP contribution in [0.5, 0.6) is 0 Å². The van der Waals surface area contributed by atoms with Crippen LogP contribution in [0.15, 0.2) is 227 Å². The zero-order valence-corrected chi connectivity index (χ0v) is 29.6. The van der Waals surface area contributed by atoms with Gasteiger partial charge in [-0.1, -0.05) is 133 Å². The van der Waals surface area contributed by atoms with Crippen LogP contribution < -0.4 is 0 Å². The van der Waals surface area contributed by atoms with Gasteiger partial charge in [0.25, 0.3) is 0 Å². The first-order valence-electron chi connectivity index (χ1n) is 18.2. The van der Waals surface area contributed by atoms with E-state index >= 15 is 0 Å². The summed E-state index contributed by atoms with van der Waals surface area (Å²) in [5.41, 5.74) is 12.9. The van der Waals surface area contributed by atoms with Gasteiger partial charge in [0.05, 0.1) is 46.5 Å². The average molecular weight is 693 g/mol. The van der Waals surface area contributed by atoms with Gasteiger partial charge in [-0.2, -0.15) is 0 Å². The van der Waals surface area contributed by atoms with Gasteiger partial charge in [0, 0.05) is 11.1 Å². The van der Waals surface area contributed by atoms with Gasteiger partial charge in [-0.15, -0.1) is 0 Å². The Morgan fingerprint density at radius 1 is 0.185 bits per heavy atom. The molecule has 0 N–H and O–H groups in total. The molecule has 0 saturated carbocycles. The van der Waals surface area contributed by atoms with Crippen LogP contribution in [0.25, 0.3) is 89.8 Å². The largest absolute Gasteiger partial charge is 0.361 e. The molecule has 0 amide bonds. The smallest absolute Gasteiger partial charge is 0.207 e. The van der Waals surface area contributed by atoms with E-state index in [-0.39, 0.29) is 0 Å². The molecule has 0 bridgehead atoms. The summed E-state index contributed by atoms with van der Waals surface area (Å²) in [5, 5.41) is 0. The monoisotopic (exact) mass is 692 g/mol. The molecule has 9 rings (SSSR count). The molecule has 2 nitrogen and oxygen atoms in total. The fourth-order valence-electron chi connectivity index (χ4n) is 7.08. The Bertz CT molecular complexity index is 2350. The summed E-state index contributed by atoms with van der Waals surface area (Å²) in [6.07, 6.45) is 0.